The number of hydrogen-bond acceptors (Lipinski definition) is 15. The van der Waals surface area contributed by atoms with Gasteiger partial charge in [-0.1, -0.05) is 6.07 Å². The number of carbonyl (C=O) groups is 1. The van der Waals surface area contributed by atoms with Gasteiger partial charge in [0.05, 0.1) is 37.5 Å². The van der Waals surface area contributed by atoms with Crippen LogP contribution in [0.5, 0.6) is 11.5 Å². The number of methoxy groups -OCH3 is 2. The van der Waals surface area contributed by atoms with Gasteiger partial charge in [0.25, 0.3) is 0 Å². The van der Waals surface area contributed by atoms with Crippen molar-refractivity contribution in [2.24, 2.45) is 0 Å². The Morgan fingerprint density at radius 3 is 2.30 bits per heavy atom. The van der Waals surface area contributed by atoms with E-state index in [1.54, 1.807) is 18.4 Å². The molecular weight excluding hydrogens is 640 g/mol. The average Bonchev–Trinajstić information content (AvgIpc) is 3.29. The van der Waals surface area contributed by atoms with Crippen LogP contribution >= 0.6 is 11.8 Å². The van der Waals surface area contributed by atoms with E-state index >= 15 is 0 Å². The summed E-state index contributed by atoms with van der Waals surface area (Å²) in [5, 5.41) is 68.2. The fourth-order valence-electron chi connectivity index (χ4n) is 6.12. The Hall–Kier alpha value is -3.03. The molecule has 0 saturated carbocycles. The summed E-state index contributed by atoms with van der Waals surface area (Å²) in [6.45, 7) is 1.03. The summed E-state index contributed by atoms with van der Waals surface area (Å²) in [5.41, 5.74) is 2.71. The molecule has 2 aromatic carbocycles. The second-order valence-corrected chi connectivity index (χ2v) is 12.4. The van der Waals surface area contributed by atoms with Crippen molar-refractivity contribution in [2.45, 2.75) is 86.1 Å². The normalized spacial score (nSPS) is 32.0. The van der Waals surface area contributed by atoms with Gasteiger partial charge in [-0.05, 0) is 54.0 Å². The molecule has 5 rings (SSSR count). The van der Waals surface area contributed by atoms with Crippen LogP contribution in [0.4, 0.5) is 5.69 Å². The van der Waals surface area contributed by atoms with Gasteiger partial charge in [0.2, 0.25) is 5.91 Å². The Morgan fingerprint density at radius 1 is 0.936 bits per heavy atom. The topological polar surface area (TPSA) is 226 Å². The van der Waals surface area contributed by atoms with E-state index in [9.17, 15) is 40.2 Å². The Morgan fingerprint density at radius 2 is 1.64 bits per heavy atom. The van der Waals surface area contributed by atoms with Crippen LogP contribution in [0.3, 0.4) is 0 Å². The summed E-state index contributed by atoms with van der Waals surface area (Å²) < 4.78 is 28.3. The number of hydrogen-bond donors (Lipinski definition) is 8. The number of aliphatic hydroxyl groups is 6. The highest BCUT2D eigenvalue weighted by molar-refractivity contribution is 7.98. The van der Waals surface area contributed by atoms with Gasteiger partial charge < -0.3 is 65.0 Å². The number of thioether (sulfide) groups is 1. The molecule has 47 heavy (non-hydrogen) atoms. The lowest BCUT2D eigenvalue weighted by Crippen LogP contribution is -2.62. The first-order valence-electron chi connectivity index (χ1n) is 14.9. The van der Waals surface area contributed by atoms with Crippen molar-refractivity contribution in [3.63, 3.8) is 0 Å². The number of carbonyl (C=O) groups excluding carboxylic acids is 1. The second kappa shape index (κ2) is 14.6. The molecule has 15 nitrogen and oxygen atoms in total. The lowest BCUT2D eigenvalue weighted by Gasteiger charge is -2.43. The first-order valence-corrected chi connectivity index (χ1v) is 16.2. The highest BCUT2D eigenvalue weighted by Crippen LogP contribution is 2.50. The first-order chi connectivity index (χ1) is 22.4. The van der Waals surface area contributed by atoms with Crippen LogP contribution in [-0.2, 0) is 25.4 Å². The summed E-state index contributed by atoms with van der Waals surface area (Å²) in [6, 6.07) is 6.30. The van der Waals surface area contributed by atoms with E-state index in [4.69, 9.17) is 23.7 Å². The van der Waals surface area contributed by atoms with Crippen LogP contribution in [0.1, 0.15) is 30.5 Å². The molecule has 2 saturated heterocycles. The number of nitrogens with one attached hydrogen (secondary N) is 2. The molecule has 2 heterocycles. The van der Waals surface area contributed by atoms with Gasteiger partial charge in [0.15, 0.2) is 35.7 Å². The molecular formula is C31H40N2O13S. The maximum absolute atomic E-state index is 13.1. The third-order valence-electron chi connectivity index (χ3n) is 8.50. The molecule has 0 unspecified atom stereocenters. The predicted octanol–water partition coefficient (Wildman–Crippen LogP) is -0.791. The predicted molar refractivity (Wildman–Crippen MR) is 167 cm³/mol. The van der Waals surface area contributed by atoms with E-state index in [0.29, 0.717) is 34.4 Å². The highest BCUT2D eigenvalue weighted by Gasteiger charge is 2.48. The Bertz CT molecular complexity index is 1530. The number of amides is 1. The molecule has 0 aromatic heterocycles. The van der Waals surface area contributed by atoms with Crippen LogP contribution < -0.4 is 25.5 Å². The zero-order valence-corrected chi connectivity index (χ0v) is 27.0. The molecule has 0 radical (unpaired) electrons. The minimum absolute atomic E-state index is 0.186. The van der Waals surface area contributed by atoms with Crippen LogP contribution in [0.15, 0.2) is 34.0 Å². The van der Waals surface area contributed by atoms with Gasteiger partial charge in [0, 0.05) is 12.5 Å². The smallest absolute Gasteiger partial charge is 0.217 e. The van der Waals surface area contributed by atoms with E-state index in [0.717, 1.165) is 5.56 Å². The van der Waals surface area contributed by atoms with Crippen molar-refractivity contribution < 1.29 is 59.1 Å². The SMILES string of the molecule is COc1c(N[C@@H]2O[C@H](O[C@@H]3OC[C@@H](O)[C@H](O)[C@H]3O)[C@@H](O)[C@H](O)[C@H]2O)cc2c(c1OC)-c1ccc(SC)c(=O)cc1[C@@H](NC(C)=O)CC2. The molecule has 3 aliphatic rings. The summed E-state index contributed by atoms with van der Waals surface area (Å²) in [5.74, 6) is 0.207. The number of rotatable bonds is 8. The molecule has 2 fully saturated rings. The van der Waals surface area contributed by atoms with Crippen molar-refractivity contribution in [1.29, 1.82) is 0 Å². The molecule has 2 aliphatic heterocycles. The third-order valence-corrected chi connectivity index (χ3v) is 9.28. The number of fused-ring (bicyclic) bond motifs is 3. The molecule has 2 aromatic rings. The van der Waals surface area contributed by atoms with Crippen LogP contribution in [-0.4, -0.2) is 119 Å². The molecule has 8 N–H and O–H groups in total. The molecule has 258 valence electrons. The first kappa shape index (κ1) is 35.3. The molecule has 1 amide bonds. The molecule has 0 bridgehead atoms. The van der Waals surface area contributed by atoms with Crippen molar-refractivity contribution in [3.05, 3.63) is 45.6 Å². The summed E-state index contributed by atoms with van der Waals surface area (Å²) >= 11 is 1.30. The fraction of sp³-hybridized carbons (Fsp3) is 0.548. The number of aryl methyl sites for hydroxylation is 1. The van der Waals surface area contributed by atoms with Crippen molar-refractivity contribution in [1.82, 2.24) is 5.32 Å². The number of ether oxygens (including phenoxy) is 5. The third kappa shape index (κ3) is 6.94. The quantitative estimate of drug-likeness (QED) is 0.160. The largest absolute Gasteiger partial charge is 0.492 e. The Balaban J connectivity index is 1.54. The van der Waals surface area contributed by atoms with Crippen LogP contribution in [0.2, 0.25) is 0 Å². The monoisotopic (exact) mass is 680 g/mol. The number of aliphatic hydroxyl groups excluding tert-OH is 6. The number of anilines is 1. The van der Waals surface area contributed by atoms with Crippen molar-refractivity contribution >= 4 is 23.4 Å². The van der Waals surface area contributed by atoms with Gasteiger partial charge in [-0.25, -0.2) is 0 Å². The summed E-state index contributed by atoms with van der Waals surface area (Å²) in [4.78, 5) is 25.8. The maximum Gasteiger partial charge on any atom is 0.217 e. The van der Waals surface area contributed by atoms with Crippen molar-refractivity contribution in [2.75, 3.05) is 32.4 Å². The summed E-state index contributed by atoms with van der Waals surface area (Å²) in [7, 11) is 2.85. The lowest BCUT2D eigenvalue weighted by atomic mass is 9.95. The molecule has 0 spiro atoms. The van der Waals surface area contributed by atoms with E-state index < -0.39 is 61.5 Å². The maximum atomic E-state index is 13.1. The summed E-state index contributed by atoms with van der Waals surface area (Å²) in [6.07, 6.45) is -11.9. The van der Waals surface area contributed by atoms with E-state index in [-0.39, 0.29) is 35.1 Å². The molecule has 16 heteroatoms. The Kier molecular flexibility index (Phi) is 11.0. The van der Waals surface area contributed by atoms with Gasteiger partial charge in [-0.15, -0.1) is 11.8 Å². The molecule has 1 aliphatic carbocycles. The van der Waals surface area contributed by atoms with E-state index in [2.05, 4.69) is 10.6 Å². The van der Waals surface area contributed by atoms with E-state index in [1.807, 2.05) is 6.07 Å². The van der Waals surface area contributed by atoms with Gasteiger partial charge in [0.1, 0.15) is 36.6 Å². The van der Waals surface area contributed by atoms with Gasteiger partial charge in [-0.2, -0.15) is 0 Å². The van der Waals surface area contributed by atoms with Crippen LogP contribution in [0.25, 0.3) is 11.1 Å². The van der Waals surface area contributed by atoms with Gasteiger partial charge in [-0.3, -0.25) is 9.59 Å². The fourth-order valence-corrected chi connectivity index (χ4v) is 6.58. The van der Waals surface area contributed by atoms with E-state index in [1.165, 1.54) is 39.0 Å². The minimum atomic E-state index is -1.79. The van der Waals surface area contributed by atoms with Gasteiger partial charge >= 0.3 is 0 Å². The second-order valence-electron chi connectivity index (χ2n) is 11.5. The van der Waals surface area contributed by atoms with Crippen LogP contribution in [0, 0.1) is 0 Å². The minimum Gasteiger partial charge on any atom is -0.492 e. The highest BCUT2D eigenvalue weighted by atomic mass is 32.2. The average molecular weight is 681 g/mol. The van der Waals surface area contributed by atoms with Crippen molar-refractivity contribution in [3.8, 4) is 22.6 Å². The molecule has 10 atom stereocenters. The number of benzene rings is 1. The standard InChI is InChI=1S/C31H40N2O13S/c1-12(34)32-16-7-5-13-9-17(27(42-2)28(43-3)21(13)14-6-8-20(47-4)18(35)10-15(14)16)33-29-24(39)23(38)26(41)31(45-29)46-30-25(40)22(37)19(36)11-44-30/h6,8-10,16,19,22-26,29-31,33,36-41H,5,7,11H2,1-4H3,(H,32,34)/t16-,19+,22-,23+,24+,25+,26-,29+,30-,31+/m0/s1. The zero-order chi connectivity index (χ0) is 34.2. The zero-order valence-electron chi connectivity index (χ0n) is 26.2. The lowest BCUT2D eigenvalue weighted by molar-refractivity contribution is -0.360. The Labute approximate surface area is 274 Å².